The number of furan rings is 1. The number of halogens is 1. The highest BCUT2D eigenvalue weighted by Gasteiger charge is 2.28. The van der Waals surface area contributed by atoms with Crippen LogP contribution in [-0.4, -0.2) is 40.1 Å². The number of carbonyl (C=O) groups is 2. The Balaban J connectivity index is 1.34. The molecule has 1 aromatic carbocycles. The molecule has 3 heterocycles. The Hall–Kier alpha value is -3.27. The average Bonchev–Trinajstić information content (AvgIpc) is 3.46. The number of aromatic nitrogens is 2. The van der Waals surface area contributed by atoms with Crippen LogP contribution in [0.15, 0.2) is 47.1 Å². The Morgan fingerprint density at radius 1 is 1.23 bits per heavy atom. The predicted molar refractivity (Wildman–Crippen MR) is 109 cm³/mol. The molecule has 10 heteroatoms. The molecule has 2 N–H and O–H groups in total. The highest BCUT2D eigenvalue weighted by atomic mass is 32.1. The van der Waals surface area contributed by atoms with Gasteiger partial charge < -0.3 is 20.0 Å². The van der Waals surface area contributed by atoms with E-state index in [1.54, 1.807) is 23.3 Å². The van der Waals surface area contributed by atoms with Gasteiger partial charge in [-0.25, -0.2) is 9.18 Å². The number of nitrogens with zero attached hydrogens (tertiary/aromatic N) is 3. The fourth-order valence-corrected chi connectivity index (χ4v) is 4.12. The molecule has 30 heavy (non-hydrogen) atoms. The maximum absolute atomic E-state index is 13.0. The topological polar surface area (TPSA) is 100 Å². The summed E-state index contributed by atoms with van der Waals surface area (Å²) in [5, 5.41) is 14.7. The van der Waals surface area contributed by atoms with Gasteiger partial charge in [0.15, 0.2) is 0 Å². The number of likely N-dealkylation sites (tertiary alicyclic amines) is 1. The number of amides is 3. The van der Waals surface area contributed by atoms with Gasteiger partial charge in [0, 0.05) is 24.7 Å². The van der Waals surface area contributed by atoms with Crippen molar-refractivity contribution < 1.29 is 18.4 Å². The molecular weight excluding hydrogens is 409 g/mol. The van der Waals surface area contributed by atoms with Crippen molar-refractivity contribution in [1.82, 2.24) is 20.4 Å². The lowest BCUT2D eigenvalue weighted by atomic mass is 9.99. The first-order chi connectivity index (χ1) is 14.6. The number of carbonyl (C=O) groups excluding carboxylic acids is 2. The van der Waals surface area contributed by atoms with Gasteiger partial charge in [0.05, 0.1) is 12.8 Å². The summed E-state index contributed by atoms with van der Waals surface area (Å²) in [5.74, 6) is -0.0497. The van der Waals surface area contributed by atoms with Crippen molar-refractivity contribution in [1.29, 1.82) is 0 Å². The number of piperidine rings is 1. The number of hydrogen-bond donors (Lipinski definition) is 2. The molecule has 1 aliphatic rings. The Bertz CT molecular complexity index is 1010. The molecule has 4 rings (SSSR count). The molecule has 1 fully saturated rings. The Morgan fingerprint density at radius 2 is 2.07 bits per heavy atom. The van der Waals surface area contributed by atoms with Crippen molar-refractivity contribution in [3.8, 4) is 0 Å². The van der Waals surface area contributed by atoms with Gasteiger partial charge in [-0.1, -0.05) is 11.3 Å². The van der Waals surface area contributed by atoms with E-state index in [2.05, 4.69) is 20.8 Å². The third-order valence-electron chi connectivity index (χ3n) is 4.79. The van der Waals surface area contributed by atoms with E-state index < -0.39 is 5.91 Å². The van der Waals surface area contributed by atoms with E-state index in [-0.39, 0.29) is 22.8 Å². The number of urea groups is 1. The van der Waals surface area contributed by atoms with Crippen molar-refractivity contribution in [3.63, 3.8) is 0 Å². The van der Waals surface area contributed by atoms with E-state index in [9.17, 15) is 14.0 Å². The molecule has 8 nitrogen and oxygen atoms in total. The summed E-state index contributed by atoms with van der Waals surface area (Å²) < 4.78 is 18.2. The largest absolute Gasteiger partial charge is 0.467 e. The van der Waals surface area contributed by atoms with Gasteiger partial charge in [0.2, 0.25) is 5.01 Å². The second-order valence-electron chi connectivity index (χ2n) is 6.93. The maximum Gasteiger partial charge on any atom is 0.317 e. The summed E-state index contributed by atoms with van der Waals surface area (Å²) in [6, 6.07) is 8.93. The summed E-state index contributed by atoms with van der Waals surface area (Å²) in [6.45, 7) is 1.51. The van der Waals surface area contributed by atoms with Crippen LogP contribution in [0.4, 0.5) is 14.9 Å². The lowest BCUT2D eigenvalue weighted by Gasteiger charge is -2.31. The fourth-order valence-electron chi connectivity index (χ4n) is 3.26. The Kier molecular flexibility index (Phi) is 6.03. The molecule has 0 radical (unpaired) electrons. The zero-order valence-electron chi connectivity index (χ0n) is 16.0. The lowest BCUT2D eigenvalue weighted by molar-refractivity contribution is 0.102. The van der Waals surface area contributed by atoms with Crippen LogP contribution >= 0.6 is 11.3 Å². The molecule has 1 unspecified atom stereocenters. The first kappa shape index (κ1) is 20.0. The standard InChI is InChI=1S/C20H20FN5O3S/c21-14-5-7-15(8-6-14)23-17(27)19-25-24-18(30-19)13-3-1-9-26(12-13)20(28)22-11-16-4-2-10-29-16/h2,4-8,10,13H,1,3,9,11-12H2,(H,22,28)(H,23,27). The Morgan fingerprint density at radius 3 is 2.83 bits per heavy atom. The molecule has 0 bridgehead atoms. The molecule has 1 aliphatic heterocycles. The van der Waals surface area contributed by atoms with Crippen LogP contribution in [0.2, 0.25) is 0 Å². The van der Waals surface area contributed by atoms with Crippen LogP contribution in [0, 0.1) is 5.82 Å². The van der Waals surface area contributed by atoms with Crippen LogP contribution in [0.3, 0.4) is 0 Å². The highest BCUT2D eigenvalue weighted by molar-refractivity contribution is 7.13. The number of benzene rings is 1. The molecule has 156 valence electrons. The molecule has 0 saturated carbocycles. The van der Waals surface area contributed by atoms with E-state index in [1.165, 1.54) is 35.6 Å². The molecular formula is C20H20FN5O3S. The second-order valence-corrected chi connectivity index (χ2v) is 7.94. The van der Waals surface area contributed by atoms with Gasteiger partial charge in [0.25, 0.3) is 5.91 Å². The summed E-state index contributed by atoms with van der Waals surface area (Å²) in [6.07, 6.45) is 3.28. The van der Waals surface area contributed by atoms with Crippen LogP contribution < -0.4 is 10.6 Å². The molecule has 0 spiro atoms. The first-order valence-corrected chi connectivity index (χ1v) is 10.4. The zero-order chi connectivity index (χ0) is 20.9. The number of nitrogens with one attached hydrogen (secondary N) is 2. The molecule has 2 aromatic heterocycles. The van der Waals surface area contributed by atoms with Gasteiger partial charge in [-0.15, -0.1) is 10.2 Å². The van der Waals surface area contributed by atoms with Crippen LogP contribution in [0.5, 0.6) is 0 Å². The summed E-state index contributed by atoms with van der Waals surface area (Å²) >= 11 is 1.21. The molecule has 3 amide bonds. The fraction of sp³-hybridized carbons (Fsp3) is 0.300. The quantitative estimate of drug-likeness (QED) is 0.645. The second kappa shape index (κ2) is 9.04. The van der Waals surface area contributed by atoms with Crippen LogP contribution in [0.25, 0.3) is 0 Å². The normalized spacial score (nSPS) is 16.3. The minimum atomic E-state index is -0.394. The summed E-state index contributed by atoms with van der Waals surface area (Å²) in [5.41, 5.74) is 0.482. The van der Waals surface area contributed by atoms with Gasteiger partial charge in [-0.05, 0) is 49.2 Å². The van der Waals surface area contributed by atoms with Crippen molar-refractivity contribution in [2.24, 2.45) is 0 Å². The number of rotatable bonds is 5. The van der Waals surface area contributed by atoms with Gasteiger partial charge >= 0.3 is 6.03 Å². The Labute approximate surface area is 176 Å². The molecule has 0 aliphatic carbocycles. The summed E-state index contributed by atoms with van der Waals surface area (Å²) in [4.78, 5) is 26.6. The third kappa shape index (κ3) is 4.82. The van der Waals surface area contributed by atoms with E-state index in [0.29, 0.717) is 31.1 Å². The zero-order valence-corrected chi connectivity index (χ0v) is 16.8. The van der Waals surface area contributed by atoms with Crippen molar-refractivity contribution in [2.45, 2.75) is 25.3 Å². The third-order valence-corrected chi connectivity index (χ3v) is 5.87. The summed E-state index contributed by atoms with van der Waals surface area (Å²) in [7, 11) is 0. The molecule has 1 saturated heterocycles. The highest BCUT2D eigenvalue weighted by Crippen LogP contribution is 2.29. The molecule has 3 aromatic rings. The minimum Gasteiger partial charge on any atom is -0.467 e. The molecule has 1 atom stereocenters. The van der Waals surface area contributed by atoms with Crippen molar-refractivity contribution in [3.05, 3.63) is 64.3 Å². The SMILES string of the molecule is O=C(Nc1ccc(F)cc1)c1nnc(C2CCCN(C(=O)NCc3ccco3)C2)s1. The monoisotopic (exact) mass is 429 g/mol. The van der Waals surface area contributed by atoms with Crippen LogP contribution in [-0.2, 0) is 6.54 Å². The number of hydrogen-bond acceptors (Lipinski definition) is 6. The number of anilines is 1. The minimum absolute atomic E-state index is 0.0259. The van der Waals surface area contributed by atoms with Crippen molar-refractivity contribution in [2.75, 3.05) is 18.4 Å². The predicted octanol–water partition coefficient (Wildman–Crippen LogP) is 3.61. The van der Waals surface area contributed by atoms with Crippen LogP contribution in [0.1, 0.15) is 39.3 Å². The van der Waals surface area contributed by atoms with E-state index in [0.717, 1.165) is 17.8 Å². The average molecular weight is 429 g/mol. The van der Waals surface area contributed by atoms with Crippen molar-refractivity contribution >= 4 is 29.0 Å². The van der Waals surface area contributed by atoms with E-state index in [1.807, 2.05) is 0 Å². The lowest BCUT2D eigenvalue weighted by Crippen LogP contribution is -2.44. The smallest absolute Gasteiger partial charge is 0.317 e. The first-order valence-electron chi connectivity index (χ1n) is 9.54. The van der Waals surface area contributed by atoms with Gasteiger partial charge in [0.1, 0.15) is 16.6 Å². The van der Waals surface area contributed by atoms with E-state index in [4.69, 9.17) is 4.42 Å². The van der Waals surface area contributed by atoms with Gasteiger partial charge in [-0.3, -0.25) is 4.79 Å². The van der Waals surface area contributed by atoms with E-state index >= 15 is 0 Å². The van der Waals surface area contributed by atoms with Gasteiger partial charge in [-0.2, -0.15) is 0 Å². The maximum atomic E-state index is 13.0.